The summed E-state index contributed by atoms with van der Waals surface area (Å²) in [5.41, 5.74) is 3.04. The average molecular weight is 387 g/mol. The number of hydrogen-bond donors (Lipinski definition) is 2. The molecule has 0 saturated carbocycles. The lowest BCUT2D eigenvalue weighted by Crippen LogP contribution is -2.21. The minimum Gasteiger partial charge on any atom is -0.467 e. The van der Waals surface area contributed by atoms with E-state index in [0.29, 0.717) is 12.5 Å². The van der Waals surface area contributed by atoms with Gasteiger partial charge in [-0.05, 0) is 62.4 Å². The number of para-hydroxylation sites is 1. The van der Waals surface area contributed by atoms with Gasteiger partial charge in [0.2, 0.25) is 5.95 Å². The Morgan fingerprint density at radius 3 is 2.41 bits per heavy atom. The molecule has 0 bridgehead atoms. The third-order valence-corrected chi connectivity index (χ3v) is 4.87. The van der Waals surface area contributed by atoms with Crippen molar-refractivity contribution in [3.63, 3.8) is 0 Å². The fraction of sp³-hybridized carbons (Fsp3) is 0.217. The Morgan fingerprint density at radius 1 is 0.897 bits per heavy atom. The Kier molecular flexibility index (Phi) is 5.61. The predicted molar refractivity (Wildman–Crippen MR) is 119 cm³/mol. The van der Waals surface area contributed by atoms with Gasteiger partial charge in [-0.1, -0.05) is 12.1 Å². The maximum Gasteiger partial charge on any atom is 0.229 e. The summed E-state index contributed by atoms with van der Waals surface area (Å²) in [5, 5.41) is 7.67. The normalized spacial score (nSPS) is 10.8. The van der Waals surface area contributed by atoms with Gasteiger partial charge in [0, 0.05) is 29.9 Å². The van der Waals surface area contributed by atoms with Crippen molar-refractivity contribution in [2.45, 2.75) is 20.4 Å². The molecule has 0 saturated heterocycles. The van der Waals surface area contributed by atoms with E-state index in [9.17, 15) is 0 Å². The van der Waals surface area contributed by atoms with Crippen molar-refractivity contribution in [1.82, 2.24) is 9.97 Å². The fourth-order valence-corrected chi connectivity index (χ4v) is 3.32. The van der Waals surface area contributed by atoms with Gasteiger partial charge in [0.05, 0.1) is 18.3 Å². The molecule has 0 amide bonds. The number of anilines is 4. The van der Waals surface area contributed by atoms with Crippen LogP contribution in [0.25, 0.3) is 10.9 Å². The highest BCUT2D eigenvalue weighted by Crippen LogP contribution is 2.25. The molecule has 148 valence electrons. The minimum atomic E-state index is 0.557. The Bertz CT molecular complexity index is 1060. The highest BCUT2D eigenvalue weighted by molar-refractivity contribution is 5.90. The van der Waals surface area contributed by atoms with Gasteiger partial charge in [0.25, 0.3) is 0 Å². The molecule has 0 aliphatic heterocycles. The van der Waals surface area contributed by atoms with Crippen LogP contribution in [0.15, 0.2) is 71.3 Å². The molecule has 0 spiro atoms. The number of furan rings is 1. The monoisotopic (exact) mass is 387 g/mol. The average Bonchev–Trinajstić information content (AvgIpc) is 3.28. The number of hydrogen-bond acceptors (Lipinski definition) is 6. The second-order valence-electron chi connectivity index (χ2n) is 6.69. The van der Waals surface area contributed by atoms with Gasteiger partial charge < -0.3 is 20.0 Å². The second-order valence-corrected chi connectivity index (χ2v) is 6.69. The van der Waals surface area contributed by atoms with Crippen LogP contribution in [0.5, 0.6) is 0 Å². The lowest BCUT2D eigenvalue weighted by atomic mass is 10.2. The van der Waals surface area contributed by atoms with Gasteiger partial charge in [-0.2, -0.15) is 4.98 Å². The predicted octanol–water partition coefficient (Wildman–Crippen LogP) is 5.42. The van der Waals surface area contributed by atoms with Crippen molar-refractivity contribution >= 4 is 34.0 Å². The molecule has 6 heteroatoms. The van der Waals surface area contributed by atoms with E-state index in [-0.39, 0.29) is 0 Å². The van der Waals surface area contributed by atoms with E-state index in [2.05, 4.69) is 58.6 Å². The molecule has 6 nitrogen and oxygen atoms in total. The maximum absolute atomic E-state index is 5.42. The smallest absolute Gasteiger partial charge is 0.229 e. The Balaban J connectivity index is 1.58. The first-order chi connectivity index (χ1) is 14.3. The van der Waals surface area contributed by atoms with Crippen molar-refractivity contribution in [3.05, 3.63) is 72.7 Å². The number of aromatic nitrogens is 2. The van der Waals surface area contributed by atoms with Crippen molar-refractivity contribution < 1.29 is 4.42 Å². The zero-order chi connectivity index (χ0) is 20.1. The summed E-state index contributed by atoms with van der Waals surface area (Å²) in [6.45, 7) is 6.86. The van der Waals surface area contributed by atoms with Crippen LogP contribution in [0.2, 0.25) is 0 Å². The summed E-state index contributed by atoms with van der Waals surface area (Å²) < 4.78 is 5.42. The number of benzene rings is 2. The van der Waals surface area contributed by atoms with Crippen LogP contribution in [0.1, 0.15) is 19.6 Å². The molecule has 0 unspecified atom stereocenters. The number of rotatable bonds is 8. The first kappa shape index (κ1) is 18.8. The van der Waals surface area contributed by atoms with Gasteiger partial charge in [-0.25, -0.2) is 4.98 Å². The van der Waals surface area contributed by atoms with E-state index in [1.807, 2.05) is 36.4 Å². The SMILES string of the molecule is CCN(CC)c1ccc(Nc2nc(NCc3ccco3)c3ccccc3n2)cc1. The van der Waals surface area contributed by atoms with Crippen molar-refractivity contribution in [2.24, 2.45) is 0 Å². The summed E-state index contributed by atoms with van der Waals surface area (Å²) in [5.74, 6) is 2.18. The first-order valence-corrected chi connectivity index (χ1v) is 9.92. The van der Waals surface area contributed by atoms with Crippen molar-refractivity contribution in [1.29, 1.82) is 0 Å². The van der Waals surface area contributed by atoms with E-state index in [0.717, 1.165) is 41.3 Å². The first-order valence-electron chi connectivity index (χ1n) is 9.92. The molecule has 2 aromatic heterocycles. The molecule has 2 heterocycles. The van der Waals surface area contributed by atoms with Gasteiger partial charge in [-0.15, -0.1) is 0 Å². The zero-order valence-electron chi connectivity index (χ0n) is 16.7. The summed E-state index contributed by atoms with van der Waals surface area (Å²) in [7, 11) is 0. The Labute approximate surface area is 170 Å². The maximum atomic E-state index is 5.42. The Morgan fingerprint density at radius 2 is 1.69 bits per heavy atom. The van der Waals surface area contributed by atoms with E-state index in [1.54, 1.807) is 6.26 Å². The number of nitrogens with zero attached hydrogens (tertiary/aromatic N) is 3. The molecule has 0 aliphatic rings. The van der Waals surface area contributed by atoms with Gasteiger partial charge in [-0.3, -0.25) is 0 Å². The molecule has 0 aliphatic carbocycles. The van der Waals surface area contributed by atoms with Gasteiger partial charge in [0.15, 0.2) is 0 Å². The third-order valence-electron chi connectivity index (χ3n) is 4.87. The fourth-order valence-electron chi connectivity index (χ4n) is 3.32. The van der Waals surface area contributed by atoms with Gasteiger partial charge in [0.1, 0.15) is 11.6 Å². The summed E-state index contributed by atoms with van der Waals surface area (Å²) >= 11 is 0. The van der Waals surface area contributed by atoms with Crippen LogP contribution in [0.3, 0.4) is 0 Å². The topological polar surface area (TPSA) is 66.2 Å². The van der Waals surface area contributed by atoms with Crippen molar-refractivity contribution in [2.75, 3.05) is 28.6 Å². The van der Waals surface area contributed by atoms with E-state index in [1.165, 1.54) is 5.69 Å². The van der Waals surface area contributed by atoms with Crippen molar-refractivity contribution in [3.8, 4) is 0 Å². The number of nitrogens with one attached hydrogen (secondary N) is 2. The largest absolute Gasteiger partial charge is 0.467 e. The molecule has 0 atom stereocenters. The molecule has 4 rings (SSSR count). The highest BCUT2D eigenvalue weighted by Gasteiger charge is 2.09. The molecule has 29 heavy (non-hydrogen) atoms. The zero-order valence-corrected chi connectivity index (χ0v) is 16.7. The van der Waals surface area contributed by atoms with Crippen LogP contribution in [0, 0.1) is 0 Å². The van der Waals surface area contributed by atoms with E-state index in [4.69, 9.17) is 9.40 Å². The van der Waals surface area contributed by atoms with E-state index >= 15 is 0 Å². The molecule has 4 aromatic rings. The second kappa shape index (κ2) is 8.65. The van der Waals surface area contributed by atoms with E-state index < -0.39 is 0 Å². The summed E-state index contributed by atoms with van der Waals surface area (Å²) in [6, 6.07) is 20.1. The summed E-state index contributed by atoms with van der Waals surface area (Å²) in [4.78, 5) is 11.7. The van der Waals surface area contributed by atoms with Crippen LogP contribution in [-0.4, -0.2) is 23.1 Å². The molecular formula is C23H25N5O. The molecule has 2 aromatic carbocycles. The quantitative estimate of drug-likeness (QED) is 0.420. The molecule has 0 fully saturated rings. The lowest BCUT2D eigenvalue weighted by molar-refractivity contribution is 0.518. The van der Waals surface area contributed by atoms with Crippen LogP contribution in [0.4, 0.5) is 23.1 Å². The number of fused-ring (bicyclic) bond motifs is 1. The van der Waals surface area contributed by atoms with Crippen LogP contribution in [-0.2, 0) is 6.54 Å². The highest BCUT2D eigenvalue weighted by atomic mass is 16.3. The molecular weight excluding hydrogens is 362 g/mol. The van der Waals surface area contributed by atoms with Gasteiger partial charge >= 0.3 is 0 Å². The lowest BCUT2D eigenvalue weighted by Gasteiger charge is -2.21. The van der Waals surface area contributed by atoms with Crippen LogP contribution >= 0.6 is 0 Å². The molecule has 2 N–H and O–H groups in total. The molecule has 0 radical (unpaired) electrons. The minimum absolute atomic E-state index is 0.557. The summed E-state index contributed by atoms with van der Waals surface area (Å²) in [6.07, 6.45) is 1.67. The van der Waals surface area contributed by atoms with Crippen LogP contribution < -0.4 is 15.5 Å². The Hall–Kier alpha value is -3.54. The third kappa shape index (κ3) is 4.32. The standard InChI is InChI=1S/C23H25N5O/c1-3-28(4-2)18-13-11-17(12-14-18)25-23-26-21-10-6-5-9-20(21)22(27-23)24-16-19-8-7-15-29-19/h5-15H,3-4,16H2,1-2H3,(H2,24,25,26,27).